The number of carbonyl (C=O) groups excluding carboxylic acids is 2. The number of carboxylic acids is 1. The maximum atomic E-state index is 12.5. The van der Waals surface area contributed by atoms with Crippen LogP contribution < -0.4 is 5.32 Å². The topological polar surface area (TPSA) is 99.9 Å². The molecule has 1 unspecified atom stereocenters. The lowest BCUT2D eigenvalue weighted by Gasteiger charge is -2.34. The molecule has 7 heteroatoms. The Balaban J connectivity index is 1.98. The fourth-order valence-electron chi connectivity index (χ4n) is 3.00. The van der Waals surface area contributed by atoms with E-state index in [0.29, 0.717) is 30.9 Å². The molecule has 1 aromatic heterocycles. The molecule has 0 aromatic carbocycles. The van der Waals surface area contributed by atoms with Gasteiger partial charge in [0.2, 0.25) is 11.8 Å². The first-order chi connectivity index (χ1) is 11.4. The zero-order chi connectivity index (χ0) is 17.7. The van der Waals surface area contributed by atoms with E-state index in [4.69, 9.17) is 9.52 Å². The van der Waals surface area contributed by atoms with Gasteiger partial charge in [-0.3, -0.25) is 9.59 Å². The molecule has 0 saturated carbocycles. The third-order valence-electron chi connectivity index (χ3n) is 4.23. The van der Waals surface area contributed by atoms with Gasteiger partial charge in [-0.15, -0.1) is 0 Å². The molecule has 1 aliphatic rings. The number of furan rings is 1. The number of carbonyl (C=O) groups is 3. The predicted molar refractivity (Wildman–Crippen MR) is 86.5 cm³/mol. The molecule has 24 heavy (non-hydrogen) atoms. The summed E-state index contributed by atoms with van der Waals surface area (Å²) in [5, 5.41) is 11.8. The second-order valence-corrected chi connectivity index (χ2v) is 6.05. The molecule has 132 valence electrons. The highest BCUT2D eigenvalue weighted by molar-refractivity contribution is 5.89. The SMILES string of the molecule is CCCC(=O)N1CCCCC1C(=O)NCc1cc(C(=O)O)c(C)o1. The second kappa shape index (κ2) is 7.99. The molecule has 1 fully saturated rings. The van der Waals surface area contributed by atoms with E-state index >= 15 is 0 Å². The summed E-state index contributed by atoms with van der Waals surface area (Å²) < 4.78 is 5.35. The first-order valence-corrected chi connectivity index (χ1v) is 8.33. The summed E-state index contributed by atoms with van der Waals surface area (Å²) in [5.41, 5.74) is 0.0941. The van der Waals surface area contributed by atoms with Crippen LogP contribution in [0.3, 0.4) is 0 Å². The third kappa shape index (κ3) is 4.15. The van der Waals surface area contributed by atoms with Gasteiger partial charge in [-0.1, -0.05) is 6.92 Å². The Hall–Kier alpha value is -2.31. The van der Waals surface area contributed by atoms with Gasteiger partial charge in [-0.2, -0.15) is 0 Å². The number of aromatic carboxylic acids is 1. The van der Waals surface area contributed by atoms with Gasteiger partial charge in [0.15, 0.2) is 0 Å². The minimum Gasteiger partial charge on any atom is -0.478 e. The number of nitrogens with one attached hydrogen (secondary N) is 1. The van der Waals surface area contributed by atoms with Gasteiger partial charge >= 0.3 is 5.97 Å². The van der Waals surface area contributed by atoms with E-state index in [1.54, 1.807) is 11.8 Å². The van der Waals surface area contributed by atoms with E-state index in [1.807, 2.05) is 6.92 Å². The monoisotopic (exact) mass is 336 g/mol. The number of likely N-dealkylation sites (tertiary alicyclic amines) is 1. The number of carboxylic acid groups (broad SMARTS) is 1. The summed E-state index contributed by atoms with van der Waals surface area (Å²) in [4.78, 5) is 37.3. The van der Waals surface area contributed by atoms with Crippen molar-refractivity contribution in [1.29, 1.82) is 0 Å². The molecule has 2 amide bonds. The lowest BCUT2D eigenvalue weighted by Crippen LogP contribution is -2.51. The smallest absolute Gasteiger partial charge is 0.339 e. The summed E-state index contributed by atoms with van der Waals surface area (Å²) in [6.45, 7) is 4.23. The van der Waals surface area contributed by atoms with Gasteiger partial charge in [-0.25, -0.2) is 4.79 Å². The number of hydrogen-bond donors (Lipinski definition) is 2. The molecular weight excluding hydrogens is 312 g/mol. The zero-order valence-electron chi connectivity index (χ0n) is 14.1. The third-order valence-corrected chi connectivity index (χ3v) is 4.23. The Kier molecular flexibility index (Phi) is 6.00. The van der Waals surface area contributed by atoms with Gasteiger partial charge in [-0.05, 0) is 38.7 Å². The highest BCUT2D eigenvalue weighted by Crippen LogP contribution is 2.19. The number of amides is 2. The van der Waals surface area contributed by atoms with E-state index < -0.39 is 12.0 Å². The van der Waals surface area contributed by atoms with Gasteiger partial charge < -0.3 is 19.7 Å². The van der Waals surface area contributed by atoms with Crippen LogP contribution in [-0.4, -0.2) is 40.4 Å². The van der Waals surface area contributed by atoms with E-state index in [2.05, 4.69) is 5.32 Å². The van der Waals surface area contributed by atoms with Crippen LogP contribution in [0.4, 0.5) is 0 Å². The van der Waals surface area contributed by atoms with Crippen molar-refractivity contribution in [3.63, 3.8) is 0 Å². The van der Waals surface area contributed by atoms with Crippen LogP contribution in [0.2, 0.25) is 0 Å². The lowest BCUT2D eigenvalue weighted by atomic mass is 10.0. The molecule has 2 N–H and O–H groups in total. The quantitative estimate of drug-likeness (QED) is 0.828. The molecule has 7 nitrogen and oxygen atoms in total. The minimum absolute atomic E-state index is 0.0133. The van der Waals surface area contributed by atoms with Crippen molar-refractivity contribution in [3.8, 4) is 0 Å². The van der Waals surface area contributed by atoms with Gasteiger partial charge in [0.1, 0.15) is 23.1 Å². The van der Waals surface area contributed by atoms with Crippen molar-refractivity contribution in [1.82, 2.24) is 10.2 Å². The summed E-state index contributed by atoms with van der Waals surface area (Å²) >= 11 is 0. The number of hydrogen-bond acceptors (Lipinski definition) is 4. The van der Waals surface area contributed by atoms with Crippen LogP contribution in [0, 0.1) is 6.92 Å². The minimum atomic E-state index is -1.06. The molecule has 0 spiro atoms. The average Bonchev–Trinajstić information content (AvgIpc) is 2.94. The highest BCUT2D eigenvalue weighted by atomic mass is 16.4. The van der Waals surface area contributed by atoms with Crippen molar-refractivity contribution in [2.45, 2.75) is 58.5 Å². The maximum Gasteiger partial charge on any atom is 0.339 e. The molecule has 1 atom stereocenters. The summed E-state index contributed by atoms with van der Waals surface area (Å²) in [6, 6.07) is 0.964. The zero-order valence-corrected chi connectivity index (χ0v) is 14.1. The Bertz CT molecular complexity index is 622. The van der Waals surface area contributed by atoms with E-state index in [0.717, 1.165) is 19.3 Å². The fraction of sp³-hybridized carbons (Fsp3) is 0.588. The van der Waals surface area contributed by atoms with E-state index in [-0.39, 0.29) is 23.9 Å². The van der Waals surface area contributed by atoms with Crippen LogP contribution in [0.25, 0.3) is 0 Å². The van der Waals surface area contributed by atoms with Gasteiger partial charge in [0.05, 0.1) is 6.54 Å². The van der Waals surface area contributed by atoms with E-state index in [1.165, 1.54) is 6.07 Å². The lowest BCUT2D eigenvalue weighted by molar-refractivity contribution is -0.142. The summed E-state index contributed by atoms with van der Waals surface area (Å²) in [5.74, 6) is -0.563. The average molecular weight is 336 g/mol. The Labute approximate surface area is 141 Å². The number of piperidine rings is 1. The highest BCUT2D eigenvalue weighted by Gasteiger charge is 2.31. The molecule has 2 heterocycles. The first kappa shape index (κ1) is 18.0. The van der Waals surface area contributed by atoms with Crippen LogP contribution in [-0.2, 0) is 16.1 Å². The van der Waals surface area contributed by atoms with Crippen molar-refractivity contribution in [2.24, 2.45) is 0 Å². The van der Waals surface area contributed by atoms with Crippen LogP contribution in [0.1, 0.15) is 60.9 Å². The largest absolute Gasteiger partial charge is 0.478 e. The molecule has 0 bridgehead atoms. The number of aryl methyl sites for hydroxylation is 1. The number of rotatable bonds is 6. The maximum absolute atomic E-state index is 12.5. The van der Waals surface area contributed by atoms with Crippen LogP contribution in [0.15, 0.2) is 10.5 Å². The molecule has 1 saturated heterocycles. The normalized spacial score (nSPS) is 17.6. The molecule has 1 aliphatic heterocycles. The van der Waals surface area contributed by atoms with Crippen LogP contribution >= 0.6 is 0 Å². The second-order valence-electron chi connectivity index (χ2n) is 6.05. The van der Waals surface area contributed by atoms with Crippen molar-refractivity contribution >= 4 is 17.8 Å². The van der Waals surface area contributed by atoms with Gasteiger partial charge in [0, 0.05) is 13.0 Å². The Morgan fingerprint density at radius 2 is 2.12 bits per heavy atom. The van der Waals surface area contributed by atoms with E-state index in [9.17, 15) is 14.4 Å². The van der Waals surface area contributed by atoms with Crippen molar-refractivity contribution in [3.05, 3.63) is 23.2 Å². The molecular formula is C17H24N2O5. The predicted octanol–water partition coefficient (Wildman–Crippen LogP) is 2.08. The molecule has 0 aliphatic carbocycles. The molecule has 2 rings (SSSR count). The number of nitrogens with zero attached hydrogens (tertiary/aromatic N) is 1. The Morgan fingerprint density at radius 1 is 1.38 bits per heavy atom. The van der Waals surface area contributed by atoms with Gasteiger partial charge in [0.25, 0.3) is 0 Å². The first-order valence-electron chi connectivity index (χ1n) is 8.33. The van der Waals surface area contributed by atoms with Crippen LogP contribution in [0.5, 0.6) is 0 Å². The fourth-order valence-corrected chi connectivity index (χ4v) is 3.00. The Morgan fingerprint density at radius 3 is 2.75 bits per heavy atom. The standard InChI is InChI=1S/C17H24N2O5/c1-3-6-15(20)19-8-5-4-7-14(19)16(21)18-10-12-9-13(17(22)23)11(2)24-12/h9,14H,3-8,10H2,1-2H3,(H,18,21)(H,22,23). The summed E-state index contributed by atoms with van der Waals surface area (Å²) in [6.07, 6.45) is 3.69. The molecule has 1 aromatic rings. The van der Waals surface area contributed by atoms with Crippen molar-refractivity contribution in [2.75, 3.05) is 6.54 Å². The van der Waals surface area contributed by atoms with Crippen molar-refractivity contribution < 1.29 is 23.9 Å². The molecule has 0 radical (unpaired) electrons. The summed E-state index contributed by atoms with van der Waals surface area (Å²) in [7, 11) is 0.